The number of sulfonamides is 1. The molecule has 1 amide bonds. The first kappa shape index (κ1) is 20.7. The summed E-state index contributed by atoms with van der Waals surface area (Å²) in [4.78, 5) is 13.0. The molecule has 7 heteroatoms. The average molecular weight is 435 g/mol. The maximum absolute atomic E-state index is 12.9. The van der Waals surface area contributed by atoms with Crippen molar-refractivity contribution in [3.8, 4) is 0 Å². The molecule has 0 atom stereocenters. The monoisotopic (exact) mass is 434 g/mol. The zero-order chi connectivity index (χ0) is 22.2. The van der Waals surface area contributed by atoms with Gasteiger partial charge in [0.25, 0.3) is 15.9 Å². The minimum atomic E-state index is -3.74. The number of hydrogen-bond donors (Lipinski definition) is 2. The van der Waals surface area contributed by atoms with E-state index in [-0.39, 0.29) is 10.7 Å². The van der Waals surface area contributed by atoms with Crippen LogP contribution in [0, 0.1) is 20.8 Å². The number of hydrogen-bond acceptors (Lipinski definition) is 4. The number of anilines is 2. The molecule has 2 N–H and O–H groups in total. The van der Waals surface area contributed by atoms with Crippen molar-refractivity contribution in [1.82, 2.24) is 0 Å². The van der Waals surface area contributed by atoms with E-state index in [1.165, 1.54) is 12.1 Å². The average Bonchev–Trinajstić information content (AvgIpc) is 3.09. The lowest BCUT2D eigenvalue weighted by Crippen LogP contribution is -2.15. The lowest BCUT2D eigenvalue weighted by Gasteiger charge is -2.13. The molecule has 0 aliphatic carbocycles. The maximum atomic E-state index is 12.9. The van der Waals surface area contributed by atoms with Crippen molar-refractivity contribution in [2.45, 2.75) is 25.7 Å². The number of benzene rings is 3. The van der Waals surface area contributed by atoms with Gasteiger partial charge in [-0.3, -0.25) is 9.52 Å². The Bertz CT molecular complexity index is 1390. The topological polar surface area (TPSA) is 88.4 Å². The second-order valence-corrected chi connectivity index (χ2v) is 9.09. The highest BCUT2D eigenvalue weighted by atomic mass is 32.2. The van der Waals surface area contributed by atoms with E-state index in [2.05, 4.69) is 10.0 Å². The number of fused-ring (bicyclic) bond motifs is 1. The molecular weight excluding hydrogens is 412 g/mol. The first-order chi connectivity index (χ1) is 14.8. The Labute approximate surface area is 181 Å². The van der Waals surface area contributed by atoms with Gasteiger partial charge in [0.1, 0.15) is 5.58 Å². The highest BCUT2D eigenvalue weighted by molar-refractivity contribution is 7.92. The second-order valence-electron chi connectivity index (χ2n) is 7.41. The molecule has 0 bridgehead atoms. The van der Waals surface area contributed by atoms with Gasteiger partial charge in [-0.05, 0) is 56.2 Å². The summed E-state index contributed by atoms with van der Waals surface area (Å²) in [6, 6.07) is 18.9. The lowest BCUT2D eigenvalue weighted by atomic mass is 10.1. The van der Waals surface area contributed by atoms with Gasteiger partial charge in [-0.25, -0.2) is 8.42 Å². The van der Waals surface area contributed by atoms with Gasteiger partial charge in [0.05, 0.1) is 10.6 Å². The molecule has 31 heavy (non-hydrogen) atoms. The molecule has 0 radical (unpaired) electrons. The summed E-state index contributed by atoms with van der Waals surface area (Å²) >= 11 is 0. The lowest BCUT2D eigenvalue weighted by molar-refractivity contribution is 0.0998. The number of nitrogens with one attached hydrogen (secondary N) is 2. The van der Waals surface area contributed by atoms with Crippen LogP contribution in [0.2, 0.25) is 0 Å². The molecule has 158 valence electrons. The zero-order valence-electron chi connectivity index (χ0n) is 17.4. The van der Waals surface area contributed by atoms with E-state index in [1.807, 2.05) is 32.0 Å². The summed E-state index contributed by atoms with van der Waals surface area (Å²) in [6.07, 6.45) is 0. The highest BCUT2D eigenvalue weighted by Gasteiger charge is 2.20. The highest BCUT2D eigenvalue weighted by Crippen LogP contribution is 2.29. The molecule has 0 spiro atoms. The number of carbonyl (C=O) groups is 1. The number of carbonyl (C=O) groups excluding carboxylic acids is 1. The Morgan fingerprint density at radius 1 is 0.871 bits per heavy atom. The zero-order valence-corrected chi connectivity index (χ0v) is 18.2. The van der Waals surface area contributed by atoms with Gasteiger partial charge in [-0.15, -0.1) is 0 Å². The van der Waals surface area contributed by atoms with Gasteiger partial charge in [0.15, 0.2) is 5.76 Å². The third-order valence-corrected chi connectivity index (χ3v) is 6.54. The molecule has 0 saturated carbocycles. The molecule has 0 aliphatic heterocycles. The second kappa shape index (κ2) is 7.92. The molecule has 0 unspecified atom stereocenters. The molecule has 1 heterocycles. The summed E-state index contributed by atoms with van der Waals surface area (Å²) < 4.78 is 33.8. The third-order valence-electron chi connectivity index (χ3n) is 5.16. The maximum Gasteiger partial charge on any atom is 0.291 e. The molecule has 4 rings (SSSR count). The van der Waals surface area contributed by atoms with Crippen molar-refractivity contribution in [1.29, 1.82) is 0 Å². The summed E-state index contributed by atoms with van der Waals surface area (Å²) in [6.45, 7) is 5.56. The summed E-state index contributed by atoms with van der Waals surface area (Å²) in [5.74, 6) is -0.162. The Balaban J connectivity index is 1.61. The minimum Gasteiger partial charge on any atom is -0.450 e. The van der Waals surface area contributed by atoms with Crippen molar-refractivity contribution in [2.75, 3.05) is 10.0 Å². The summed E-state index contributed by atoms with van der Waals surface area (Å²) in [7, 11) is -3.74. The standard InChI is InChI=1S/C24H22N2O4S/c1-15-12-13-18(14-21(15)26-31(28,29)19-9-5-4-6-10-19)25-24(27)23-17(3)20-11-7-8-16(2)22(20)30-23/h4-14,26H,1-3H3,(H,25,27). The van der Waals surface area contributed by atoms with E-state index in [0.29, 0.717) is 17.0 Å². The Morgan fingerprint density at radius 2 is 1.61 bits per heavy atom. The number of aryl methyl sites for hydroxylation is 3. The van der Waals surface area contributed by atoms with Gasteiger partial charge in [-0.1, -0.05) is 42.5 Å². The fourth-order valence-electron chi connectivity index (χ4n) is 3.40. The van der Waals surface area contributed by atoms with Crippen molar-refractivity contribution in [2.24, 2.45) is 0 Å². The van der Waals surface area contributed by atoms with Crippen LogP contribution in [0.25, 0.3) is 11.0 Å². The number of amides is 1. The molecule has 0 fully saturated rings. The van der Waals surface area contributed by atoms with Crippen LogP contribution in [0.5, 0.6) is 0 Å². The first-order valence-electron chi connectivity index (χ1n) is 9.75. The predicted octanol–water partition coefficient (Wildman–Crippen LogP) is 5.41. The normalized spacial score (nSPS) is 11.5. The van der Waals surface area contributed by atoms with Gasteiger partial charge >= 0.3 is 0 Å². The van der Waals surface area contributed by atoms with E-state index >= 15 is 0 Å². The number of para-hydroxylation sites is 1. The van der Waals surface area contributed by atoms with Gasteiger partial charge < -0.3 is 9.73 Å². The molecule has 6 nitrogen and oxygen atoms in total. The van der Waals surface area contributed by atoms with Crippen molar-refractivity contribution >= 4 is 38.3 Å². The smallest absolute Gasteiger partial charge is 0.291 e. The number of rotatable bonds is 5. The van der Waals surface area contributed by atoms with E-state index in [0.717, 1.165) is 22.1 Å². The van der Waals surface area contributed by atoms with Crippen LogP contribution in [0.15, 0.2) is 76.0 Å². The van der Waals surface area contributed by atoms with Crippen LogP contribution in [0.4, 0.5) is 11.4 Å². The van der Waals surface area contributed by atoms with Crippen LogP contribution >= 0.6 is 0 Å². The minimum absolute atomic E-state index is 0.164. The quantitative estimate of drug-likeness (QED) is 0.439. The Hall–Kier alpha value is -3.58. The van der Waals surface area contributed by atoms with Crippen LogP contribution in [0.1, 0.15) is 27.2 Å². The van der Waals surface area contributed by atoms with Gasteiger partial charge in [0.2, 0.25) is 0 Å². The van der Waals surface area contributed by atoms with E-state index in [9.17, 15) is 13.2 Å². The van der Waals surface area contributed by atoms with Gasteiger partial charge in [-0.2, -0.15) is 0 Å². The molecule has 0 saturated heterocycles. The van der Waals surface area contributed by atoms with Crippen LogP contribution < -0.4 is 10.0 Å². The van der Waals surface area contributed by atoms with Crippen molar-refractivity contribution in [3.63, 3.8) is 0 Å². The molecular formula is C24H22N2O4S. The molecule has 4 aromatic rings. The fraction of sp³-hybridized carbons (Fsp3) is 0.125. The fourth-order valence-corrected chi connectivity index (χ4v) is 4.54. The third kappa shape index (κ3) is 4.04. The van der Waals surface area contributed by atoms with Gasteiger partial charge in [0, 0.05) is 16.6 Å². The molecule has 1 aromatic heterocycles. The van der Waals surface area contributed by atoms with E-state index in [1.54, 1.807) is 43.3 Å². The molecule has 0 aliphatic rings. The van der Waals surface area contributed by atoms with Crippen molar-refractivity contribution in [3.05, 3.63) is 89.2 Å². The SMILES string of the molecule is Cc1ccc(NC(=O)c2oc3c(C)cccc3c2C)cc1NS(=O)(=O)c1ccccc1. The van der Waals surface area contributed by atoms with Crippen molar-refractivity contribution < 1.29 is 17.6 Å². The Morgan fingerprint density at radius 3 is 2.32 bits per heavy atom. The summed E-state index contributed by atoms with van der Waals surface area (Å²) in [5, 5.41) is 3.70. The molecule has 3 aromatic carbocycles. The van der Waals surface area contributed by atoms with E-state index in [4.69, 9.17) is 4.42 Å². The largest absolute Gasteiger partial charge is 0.450 e. The first-order valence-corrected chi connectivity index (χ1v) is 11.2. The van der Waals surface area contributed by atoms with E-state index < -0.39 is 15.9 Å². The van der Waals surface area contributed by atoms with Crippen LogP contribution in [-0.4, -0.2) is 14.3 Å². The predicted molar refractivity (Wildman–Crippen MR) is 122 cm³/mol. The summed E-state index contributed by atoms with van der Waals surface area (Å²) in [5.41, 5.74) is 3.97. The van der Waals surface area contributed by atoms with Crippen LogP contribution in [0.3, 0.4) is 0 Å². The van der Waals surface area contributed by atoms with Crippen LogP contribution in [-0.2, 0) is 10.0 Å². The number of furan rings is 1. The Kier molecular flexibility index (Phi) is 5.29.